The Morgan fingerprint density at radius 3 is 1.78 bits per heavy atom. The van der Waals surface area contributed by atoms with E-state index in [-0.39, 0.29) is 0 Å². The summed E-state index contributed by atoms with van der Waals surface area (Å²) in [4.78, 5) is 0. The summed E-state index contributed by atoms with van der Waals surface area (Å²) in [7, 11) is 0. The lowest BCUT2D eigenvalue weighted by atomic mass is 9.90. The fourth-order valence-corrected chi connectivity index (χ4v) is 1.24. The van der Waals surface area contributed by atoms with Crippen LogP contribution in [0.2, 0.25) is 0 Å². The lowest BCUT2D eigenvalue weighted by Crippen LogP contribution is -2.13. The van der Waals surface area contributed by atoms with Gasteiger partial charge in [-0.15, -0.1) is 0 Å². The first kappa shape index (κ1) is 8.96. The second-order valence-electron chi connectivity index (χ2n) is 2.74. The van der Waals surface area contributed by atoms with Crippen LogP contribution in [0, 0.1) is 11.8 Å². The Kier molecular flexibility index (Phi) is 4.78. The van der Waals surface area contributed by atoms with E-state index < -0.39 is 0 Å². The molecule has 0 aliphatic heterocycles. The number of rotatable bonds is 4. The molecule has 0 heterocycles. The predicted molar refractivity (Wildman–Crippen MR) is 40.3 cm³/mol. The molecule has 0 amide bonds. The molecule has 1 nitrogen and oxygen atoms in total. The summed E-state index contributed by atoms with van der Waals surface area (Å²) in [6, 6.07) is 0. The van der Waals surface area contributed by atoms with Gasteiger partial charge in [-0.1, -0.05) is 33.6 Å². The first-order valence-corrected chi connectivity index (χ1v) is 3.87. The zero-order valence-corrected chi connectivity index (χ0v) is 6.72. The van der Waals surface area contributed by atoms with Crippen LogP contribution in [-0.4, -0.2) is 11.7 Å². The van der Waals surface area contributed by atoms with E-state index in [0.29, 0.717) is 12.5 Å². The van der Waals surface area contributed by atoms with Gasteiger partial charge in [-0.05, 0) is 11.8 Å². The molecule has 0 aromatic heterocycles. The van der Waals surface area contributed by atoms with Crippen molar-refractivity contribution >= 4 is 0 Å². The Morgan fingerprint density at radius 2 is 1.67 bits per heavy atom. The predicted octanol–water partition coefficient (Wildman–Crippen LogP) is 2.05. The van der Waals surface area contributed by atoms with E-state index in [1.165, 1.54) is 12.8 Å². The van der Waals surface area contributed by atoms with E-state index in [1.807, 2.05) is 0 Å². The van der Waals surface area contributed by atoms with Gasteiger partial charge in [-0.3, -0.25) is 0 Å². The van der Waals surface area contributed by atoms with Crippen molar-refractivity contribution in [2.75, 3.05) is 6.61 Å². The molecule has 1 atom stereocenters. The normalized spacial score (nSPS) is 14.3. The summed E-state index contributed by atoms with van der Waals surface area (Å²) in [6.07, 6.45) is 2.39. The molecule has 56 valence electrons. The first-order valence-electron chi connectivity index (χ1n) is 3.87. The highest BCUT2D eigenvalue weighted by atomic mass is 16.3. The minimum absolute atomic E-state index is 0.340. The topological polar surface area (TPSA) is 20.2 Å². The van der Waals surface area contributed by atoms with Gasteiger partial charge in [-0.2, -0.15) is 0 Å². The van der Waals surface area contributed by atoms with Gasteiger partial charge in [0.15, 0.2) is 0 Å². The number of hydrogen-bond acceptors (Lipinski definition) is 1. The van der Waals surface area contributed by atoms with Gasteiger partial charge in [0, 0.05) is 6.61 Å². The Bertz CT molecular complexity index is 57.6. The Morgan fingerprint density at radius 1 is 1.22 bits per heavy atom. The monoisotopic (exact) mass is 130 g/mol. The maximum absolute atomic E-state index is 8.77. The molecule has 0 aliphatic rings. The number of hydrogen-bond donors (Lipinski definition) is 1. The van der Waals surface area contributed by atoms with Gasteiger partial charge < -0.3 is 5.11 Å². The zero-order valence-electron chi connectivity index (χ0n) is 6.72. The third-order valence-corrected chi connectivity index (χ3v) is 2.14. The third-order valence-electron chi connectivity index (χ3n) is 2.14. The van der Waals surface area contributed by atoms with Crippen LogP contribution in [0.4, 0.5) is 0 Å². The highest BCUT2D eigenvalue weighted by Gasteiger charge is 2.10. The van der Waals surface area contributed by atoms with Gasteiger partial charge in [0.05, 0.1) is 0 Å². The molecule has 1 N–H and O–H groups in total. The van der Waals surface area contributed by atoms with Crippen LogP contribution in [0.3, 0.4) is 0 Å². The van der Waals surface area contributed by atoms with E-state index in [2.05, 4.69) is 20.8 Å². The molecule has 0 bridgehead atoms. The summed E-state index contributed by atoms with van der Waals surface area (Å²) in [6.45, 7) is 6.81. The van der Waals surface area contributed by atoms with Crippen molar-refractivity contribution in [2.24, 2.45) is 11.8 Å². The molecule has 0 fully saturated rings. The Hall–Kier alpha value is -0.0400. The molecular formula is C8H18O. The Labute approximate surface area is 58.1 Å². The fourth-order valence-electron chi connectivity index (χ4n) is 1.24. The van der Waals surface area contributed by atoms with Crippen LogP contribution >= 0.6 is 0 Å². The largest absolute Gasteiger partial charge is 0.396 e. The van der Waals surface area contributed by atoms with Crippen molar-refractivity contribution in [1.82, 2.24) is 0 Å². The molecular weight excluding hydrogens is 112 g/mol. The highest BCUT2D eigenvalue weighted by Crippen LogP contribution is 2.17. The second kappa shape index (κ2) is 4.80. The molecule has 0 aromatic carbocycles. The van der Waals surface area contributed by atoms with Gasteiger partial charge in [-0.25, -0.2) is 0 Å². The zero-order chi connectivity index (χ0) is 7.28. The minimum Gasteiger partial charge on any atom is -0.396 e. The summed E-state index contributed by atoms with van der Waals surface area (Å²) >= 11 is 0. The molecule has 1 heteroatoms. The molecule has 0 saturated heterocycles. The highest BCUT2D eigenvalue weighted by molar-refractivity contribution is 4.61. The molecule has 0 saturated carbocycles. The van der Waals surface area contributed by atoms with Crippen molar-refractivity contribution in [1.29, 1.82) is 0 Å². The molecule has 0 aromatic rings. The van der Waals surface area contributed by atoms with Crippen molar-refractivity contribution < 1.29 is 5.11 Å². The van der Waals surface area contributed by atoms with Gasteiger partial charge in [0.2, 0.25) is 0 Å². The van der Waals surface area contributed by atoms with E-state index in [0.717, 1.165) is 5.92 Å². The Balaban J connectivity index is 3.50. The van der Waals surface area contributed by atoms with Gasteiger partial charge >= 0.3 is 0 Å². The van der Waals surface area contributed by atoms with E-state index in [1.54, 1.807) is 0 Å². The van der Waals surface area contributed by atoms with Crippen LogP contribution in [0.1, 0.15) is 33.6 Å². The van der Waals surface area contributed by atoms with Crippen molar-refractivity contribution in [3.05, 3.63) is 0 Å². The molecule has 9 heavy (non-hydrogen) atoms. The molecule has 0 spiro atoms. The lowest BCUT2D eigenvalue weighted by Gasteiger charge is -2.17. The van der Waals surface area contributed by atoms with Gasteiger partial charge in [0.25, 0.3) is 0 Å². The minimum atomic E-state index is 0.340. The van der Waals surface area contributed by atoms with Gasteiger partial charge in [0.1, 0.15) is 0 Å². The summed E-state index contributed by atoms with van der Waals surface area (Å²) in [5.41, 5.74) is 0. The molecule has 0 radical (unpaired) electrons. The van der Waals surface area contributed by atoms with Crippen molar-refractivity contribution in [2.45, 2.75) is 33.6 Å². The van der Waals surface area contributed by atoms with E-state index in [4.69, 9.17) is 5.11 Å². The number of aliphatic hydroxyl groups excluding tert-OH is 1. The van der Waals surface area contributed by atoms with E-state index >= 15 is 0 Å². The lowest BCUT2D eigenvalue weighted by molar-refractivity contribution is 0.182. The van der Waals surface area contributed by atoms with Crippen LogP contribution < -0.4 is 0 Å². The summed E-state index contributed by atoms with van der Waals surface area (Å²) in [5, 5.41) is 8.77. The third kappa shape index (κ3) is 2.85. The first-order chi connectivity index (χ1) is 4.26. The van der Waals surface area contributed by atoms with Crippen molar-refractivity contribution in [3.63, 3.8) is 0 Å². The smallest absolute Gasteiger partial charge is 0.0459 e. The van der Waals surface area contributed by atoms with Crippen LogP contribution in [0.5, 0.6) is 0 Å². The average molecular weight is 130 g/mol. The van der Waals surface area contributed by atoms with E-state index in [9.17, 15) is 0 Å². The van der Waals surface area contributed by atoms with Crippen LogP contribution in [0.25, 0.3) is 0 Å². The van der Waals surface area contributed by atoms with Crippen LogP contribution in [-0.2, 0) is 0 Å². The standard InChI is InChI=1S/C8H18O/c1-4-8(5-2)7(3)6-9/h7-9H,4-6H2,1-3H3/t7-/m0/s1. The summed E-state index contributed by atoms with van der Waals surface area (Å²) in [5.74, 6) is 1.20. The maximum Gasteiger partial charge on any atom is 0.0459 e. The SMILES string of the molecule is CCC(CC)[C@@H](C)CO. The molecule has 0 rings (SSSR count). The maximum atomic E-state index is 8.77. The fraction of sp³-hybridized carbons (Fsp3) is 1.00. The number of aliphatic hydroxyl groups is 1. The molecule has 0 aliphatic carbocycles. The van der Waals surface area contributed by atoms with Crippen molar-refractivity contribution in [3.8, 4) is 0 Å². The average Bonchev–Trinajstić information content (AvgIpc) is 1.90. The summed E-state index contributed by atoms with van der Waals surface area (Å²) < 4.78 is 0. The molecule has 0 unspecified atom stereocenters. The quantitative estimate of drug-likeness (QED) is 0.617. The second-order valence-corrected chi connectivity index (χ2v) is 2.74. The van der Waals surface area contributed by atoms with Crippen LogP contribution in [0.15, 0.2) is 0 Å².